The van der Waals surface area contributed by atoms with Crippen molar-refractivity contribution in [2.45, 2.75) is 0 Å². The molecular formula is C10H7N3O3. The molecule has 0 radical (unpaired) electrons. The van der Waals surface area contributed by atoms with Crippen molar-refractivity contribution in [1.82, 2.24) is 10.2 Å². The van der Waals surface area contributed by atoms with E-state index in [9.17, 15) is 14.9 Å². The number of nitro benzene ring substituents is 1. The van der Waals surface area contributed by atoms with Crippen molar-refractivity contribution in [3.8, 4) is 11.3 Å². The van der Waals surface area contributed by atoms with Crippen molar-refractivity contribution >= 4 is 12.0 Å². The van der Waals surface area contributed by atoms with Crippen LogP contribution in [0.15, 0.2) is 30.3 Å². The lowest BCUT2D eigenvalue weighted by Crippen LogP contribution is -1.88. The molecule has 6 nitrogen and oxygen atoms in total. The number of non-ortho nitro benzene ring substituents is 1. The van der Waals surface area contributed by atoms with Crippen LogP contribution in [0.5, 0.6) is 0 Å². The highest BCUT2D eigenvalue weighted by atomic mass is 16.6. The molecule has 2 rings (SSSR count). The van der Waals surface area contributed by atoms with E-state index in [0.717, 1.165) is 0 Å². The first-order chi connectivity index (χ1) is 7.70. The van der Waals surface area contributed by atoms with Gasteiger partial charge in [0.25, 0.3) is 5.69 Å². The van der Waals surface area contributed by atoms with E-state index in [1.165, 1.54) is 18.2 Å². The van der Waals surface area contributed by atoms with Crippen LogP contribution < -0.4 is 0 Å². The molecule has 80 valence electrons. The maximum absolute atomic E-state index is 10.6. The average molecular weight is 217 g/mol. The first-order valence-electron chi connectivity index (χ1n) is 4.46. The van der Waals surface area contributed by atoms with Gasteiger partial charge in [0.2, 0.25) is 0 Å². The van der Waals surface area contributed by atoms with Crippen LogP contribution in [0.2, 0.25) is 0 Å². The zero-order valence-corrected chi connectivity index (χ0v) is 8.08. The highest BCUT2D eigenvalue weighted by Gasteiger charge is 2.09. The topological polar surface area (TPSA) is 88.9 Å². The molecule has 6 heteroatoms. The van der Waals surface area contributed by atoms with Crippen LogP contribution in [0, 0.1) is 10.1 Å². The number of carbonyl (C=O) groups is 1. The third-order valence-electron chi connectivity index (χ3n) is 2.08. The molecule has 1 heterocycles. The summed E-state index contributed by atoms with van der Waals surface area (Å²) in [5, 5.41) is 17.0. The summed E-state index contributed by atoms with van der Waals surface area (Å²) in [5.74, 6) is 0. The van der Waals surface area contributed by atoms with Gasteiger partial charge in [-0.15, -0.1) is 0 Å². The van der Waals surface area contributed by atoms with Gasteiger partial charge in [-0.25, -0.2) is 0 Å². The van der Waals surface area contributed by atoms with Crippen LogP contribution in [0.3, 0.4) is 0 Å². The highest BCUT2D eigenvalue weighted by molar-refractivity contribution is 5.75. The van der Waals surface area contributed by atoms with Crippen molar-refractivity contribution in [3.63, 3.8) is 0 Å². The number of nitrogens with one attached hydrogen (secondary N) is 1. The van der Waals surface area contributed by atoms with Crippen LogP contribution in [0.1, 0.15) is 10.5 Å². The molecule has 0 atom stereocenters. The number of nitro groups is 1. The van der Waals surface area contributed by atoms with E-state index in [2.05, 4.69) is 10.2 Å². The van der Waals surface area contributed by atoms with E-state index in [1.54, 1.807) is 12.1 Å². The first kappa shape index (κ1) is 10.0. The van der Waals surface area contributed by atoms with Gasteiger partial charge in [0.15, 0.2) is 6.29 Å². The van der Waals surface area contributed by atoms with Crippen LogP contribution >= 0.6 is 0 Å². The minimum absolute atomic E-state index is 0.00634. The zero-order chi connectivity index (χ0) is 11.5. The first-order valence-corrected chi connectivity index (χ1v) is 4.46. The second-order valence-corrected chi connectivity index (χ2v) is 3.13. The van der Waals surface area contributed by atoms with Gasteiger partial charge < -0.3 is 0 Å². The van der Waals surface area contributed by atoms with E-state index in [-0.39, 0.29) is 5.69 Å². The number of aromatic amines is 1. The summed E-state index contributed by atoms with van der Waals surface area (Å²) >= 11 is 0. The SMILES string of the molecule is O=Cc1cc(-c2cccc([N+](=O)[O-])c2)n[nH]1. The number of H-pyrrole nitrogens is 1. The molecule has 0 amide bonds. The Labute approximate surface area is 90.1 Å². The van der Waals surface area contributed by atoms with Crippen LogP contribution in [0.4, 0.5) is 5.69 Å². The van der Waals surface area contributed by atoms with E-state index in [4.69, 9.17) is 0 Å². The van der Waals surface area contributed by atoms with Gasteiger partial charge in [-0.1, -0.05) is 12.1 Å². The van der Waals surface area contributed by atoms with Gasteiger partial charge >= 0.3 is 0 Å². The average Bonchev–Trinajstić information content (AvgIpc) is 2.77. The molecule has 0 unspecified atom stereocenters. The Morgan fingerprint density at radius 3 is 2.81 bits per heavy atom. The second-order valence-electron chi connectivity index (χ2n) is 3.13. The summed E-state index contributed by atoms with van der Waals surface area (Å²) in [6.45, 7) is 0. The minimum atomic E-state index is -0.475. The van der Waals surface area contributed by atoms with Gasteiger partial charge in [-0.2, -0.15) is 5.10 Å². The lowest BCUT2D eigenvalue weighted by Gasteiger charge is -1.95. The summed E-state index contributed by atoms with van der Waals surface area (Å²) in [5.41, 5.74) is 1.43. The number of nitrogens with zero attached hydrogens (tertiary/aromatic N) is 2. The normalized spacial score (nSPS) is 10.0. The number of benzene rings is 1. The second kappa shape index (κ2) is 3.93. The van der Waals surface area contributed by atoms with Crippen LogP contribution in [-0.2, 0) is 0 Å². The van der Waals surface area contributed by atoms with E-state index >= 15 is 0 Å². The van der Waals surface area contributed by atoms with Crippen LogP contribution in [0.25, 0.3) is 11.3 Å². The van der Waals surface area contributed by atoms with E-state index in [1.807, 2.05) is 0 Å². The van der Waals surface area contributed by atoms with Gasteiger partial charge in [-0.05, 0) is 6.07 Å². The molecule has 0 bridgehead atoms. The molecule has 0 fully saturated rings. The number of carbonyl (C=O) groups excluding carboxylic acids is 1. The summed E-state index contributed by atoms with van der Waals surface area (Å²) in [7, 11) is 0. The Morgan fingerprint density at radius 1 is 1.38 bits per heavy atom. The molecule has 1 aromatic carbocycles. The predicted octanol–water partition coefficient (Wildman–Crippen LogP) is 1.80. The summed E-state index contributed by atoms with van der Waals surface area (Å²) in [4.78, 5) is 20.5. The minimum Gasteiger partial charge on any atom is -0.296 e. The Kier molecular flexibility index (Phi) is 2.47. The monoisotopic (exact) mass is 217 g/mol. The molecule has 0 spiro atoms. The molecule has 2 aromatic rings. The Morgan fingerprint density at radius 2 is 2.19 bits per heavy atom. The molecule has 1 N–H and O–H groups in total. The maximum Gasteiger partial charge on any atom is 0.270 e. The fraction of sp³-hybridized carbons (Fsp3) is 0. The molecular weight excluding hydrogens is 210 g/mol. The summed E-state index contributed by atoms with van der Waals surface area (Å²) in [6, 6.07) is 7.61. The zero-order valence-electron chi connectivity index (χ0n) is 8.08. The van der Waals surface area contributed by atoms with Crippen molar-refractivity contribution in [2.24, 2.45) is 0 Å². The standard InChI is InChI=1S/C10H7N3O3/c14-6-8-5-10(12-11-8)7-2-1-3-9(4-7)13(15)16/h1-6H,(H,11,12). The Balaban J connectivity index is 2.43. The fourth-order valence-corrected chi connectivity index (χ4v) is 1.32. The highest BCUT2D eigenvalue weighted by Crippen LogP contribution is 2.22. The Bertz CT molecular complexity index is 548. The van der Waals surface area contributed by atoms with Gasteiger partial charge in [-0.3, -0.25) is 20.0 Å². The van der Waals surface area contributed by atoms with Gasteiger partial charge in [0.05, 0.1) is 16.3 Å². The lowest BCUT2D eigenvalue weighted by molar-refractivity contribution is -0.384. The molecule has 0 saturated carbocycles. The Hall–Kier alpha value is -2.50. The third kappa shape index (κ3) is 1.81. The summed E-state index contributed by atoms with van der Waals surface area (Å²) < 4.78 is 0. The van der Waals surface area contributed by atoms with Gasteiger partial charge in [0.1, 0.15) is 0 Å². The summed E-state index contributed by atoms with van der Waals surface area (Å²) in [6.07, 6.45) is 0.633. The third-order valence-corrected chi connectivity index (χ3v) is 2.08. The number of aldehydes is 1. The quantitative estimate of drug-likeness (QED) is 0.482. The largest absolute Gasteiger partial charge is 0.296 e. The van der Waals surface area contributed by atoms with E-state index < -0.39 is 4.92 Å². The maximum atomic E-state index is 10.6. The van der Waals surface area contributed by atoms with Crippen molar-refractivity contribution in [3.05, 3.63) is 46.1 Å². The fourth-order valence-electron chi connectivity index (χ4n) is 1.32. The number of rotatable bonds is 3. The molecule has 1 aromatic heterocycles. The number of aromatic nitrogens is 2. The van der Waals surface area contributed by atoms with Crippen molar-refractivity contribution < 1.29 is 9.72 Å². The lowest BCUT2D eigenvalue weighted by atomic mass is 10.1. The van der Waals surface area contributed by atoms with Crippen molar-refractivity contribution in [2.75, 3.05) is 0 Å². The number of hydrogen-bond donors (Lipinski definition) is 1. The molecule has 0 aliphatic rings. The smallest absolute Gasteiger partial charge is 0.270 e. The number of hydrogen-bond acceptors (Lipinski definition) is 4. The molecule has 0 aliphatic heterocycles. The predicted molar refractivity (Wildman–Crippen MR) is 56.1 cm³/mol. The van der Waals surface area contributed by atoms with E-state index in [0.29, 0.717) is 23.2 Å². The molecule has 0 saturated heterocycles. The van der Waals surface area contributed by atoms with Crippen LogP contribution in [-0.4, -0.2) is 21.4 Å². The van der Waals surface area contributed by atoms with Crippen molar-refractivity contribution in [1.29, 1.82) is 0 Å². The molecule has 0 aliphatic carbocycles. The van der Waals surface area contributed by atoms with Gasteiger partial charge in [0, 0.05) is 17.7 Å². The molecule has 16 heavy (non-hydrogen) atoms.